The van der Waals surface area contributed by atoms with Crippen molar-refractivity contribution in [2.75, 3.05) is 30.0 Å². The van der Waals surface area contributed by atoms with Gasteiger partial charge in [0.25, 0.3) is 0 Å². The standard InChI is InChI=1S/C14H19ClN2O2S.ClH/c1-2-19-13-4-3-10(7-12(13)15)17-14(18)8-11-9-20-6-5-16-11;/h3-4,7,11,16H,2,5-6,8-9H2,1H3,(H,17,18);1H. The van der Waals surface area contributed by atoms with Crippen molar-refractivity contribution in [3.63, 3.8) is 0 Å². The van der Waals surface area contributed by atoms with Crippen LogP contribution in [-0.4, -0.2) is 36.6 Å². The molecule has 1 saturated heterocycles. The third-order valence-corrected chi connectivity index (χ3v) is 4.37. The lowest BCUT2D eigenvalue weighted by Gasteiger charge is -2.22. The Morgan fingerprint density at radius 1 is 1.57 bits per heavy atom. The number of halogens is 2. The van der Waals surface area contributed by atoms with E-state index in [0.717, 1.165) is 18.1 Å². The number of rotatable bonds is 5. The fourth-order valence-electron chi connectivity index (χ4n) is 2.04. The van der Waals surface area contributed by atoms with E-state index in [1.807, 2.05) is 18.7 Å². The number of carbonyl (C=O) groups is 1. The van der Waals surface area contributed by atoms with Crippen molar-refractivity contribution >= 4 is 47.4 Å². The number of amides is 1. The molecule has 1 aromatic rings. The Bertz CT molecular complexity index is 468. The lowest BCUT2D eigenvalue weighted by molar-refractivity contribution is -0.116. The predicted octanol–water partition coefficient (Wildman–Crippen LogP) is 3.19. The Labute approximate surface area is 140 Å². The minimum atomic E-state index is 0. The first-order valence-corrected chi connectivity index (χ1v) is 8.25. The highest BCUT2D eigenvalue weighted by molar-refractivity contribution is 7.99. The highest BCUT2D eigenvalue weighted by Crippen LogP contribution is 2.27. The molecule has 21 heavy (non-hydrogen) atoms. The summed E-state index contributed by atoms with van der Waals surface area (Å²) < 4.78 is 5.36. The van der Waals surface area contributed by atoms with Gasteiger partial charge in [0, 0.05) is 36.2 Å². The SMILES string of the molecule is CCOc1ccc(NC(=O)CC2CSCCN2)cc1Cl.Cl. The van der Waals surface area contributed by atoms with Crippen molar-refractivity contribution < 1.29 is 9.53 Å². The van der Waals surface area contributed by atoms with E-state index in [1.165, 1.54) is 0 Å². The minimum absolute atomic E-state index is 0. The number of nitrogens with one attached hydrogen (secondary N) is 2. The summed E-state index contributed by atoms with van der Waals surface area (Å²) in [5.41, 5.74) is 0.701. The molecule has 7 heteroatoms. The second-order valence-corrected chi connectivity index (χ2v) is 6.11. The molecule has 2 N–H and O–H groups in total. The summed E-state index contributed by atoms with van der Waals surface area (Å²) in [4.78, 5) is 12.0. The maximum Gasteiger partial charge on any atom is 0.225 e. The van der Waals surface area contributed by atoms with Crippen LogP contribution in [0.4, 0.5) is 5.69 Å². The van der Waals surface area contributed by atoms with Gasteiger partial charge in [-0.1, -0.05) is 11.6 Å². The molecule has 1 heterocycles. The zero-order valence-electron chi connectivity index (χ0n) is 11.9. The fraction of sp³-hybridized carbons (Fsp3) is 0.500. The van der Waals surface area contributed by atoms with Crippen LogP contribution in [0, 0.1) is 0 Å². The number of hydrogen-bond donors (Lipinski definition) is 2. The maximum absolute atomic E-state index is 12.0. The summed E-state index contributed by atoms with van der Waals surface area (Å²) in [6, 6.07) is 5.55. The molecular weight excluding hydrogens is 331 g/mol. The molecular formula is C14H20Cl2N2O2S. The van der Waals surface area contributed by atoms with Gasteiger partial charge in [-0.15, -0.1) is 12.4 Å². The quantitative estimate of drug-likeness (QED) is 0.856. The Hall–Kier alpha value is -0.620. The number of ether oxygens (including phenoxy) is 1. The van der Waals surface area contributed by atoms with Crippen LogP contribution in [-0.2, 0) is 4.79 Å². The van der Waals surface area contributed by atoms with Crippen molar-refractivity contribution in [1.82, 2.24) is 5.32 Å². The zero-order valence-corrected chi connectivity index (χ0v) is 14.2. The van der Waals surface area contributed by atoms with Gasteiger partial charge in [0.05, 0.1) is 11.6 Å². The van der Waals surface area contributed by atoms with Gasteiger partial charge in [-0.25, -0.2) is 0 Å². The van der Waals surface area contributed by atoms with E-state index in [9.17, 15) is 4.79 Å². The van der Waals surface area contributed by atoms with Crippen molar-refractivity contribution in [1.29, 1.82) is 0 Å². The first-order chi connectivity index (χ1) is 9.69. The lowest BCUT2D eigenvalue weighted by Crippen LogP contribution is -2.39. The van der Waals surface area contributed by atoms with E-state index in [1.54, 1.807) is 18.2 Å². The van der Waals surface area contributed by atoms with E-state index in [0.29, 0.717) is 29.5 Å². The Kier molecular flexibility index (Phi) is 8.26. The Balaban J connectivity index is 0.00000220. The summed E-state index contributed by atoms with van der Waals surface area (Å²) in [6.45, 7) is 3.44. The maximum atomic E-state index is 12.0. The van der Waals surface area contributed by atoms with E-state index < -0.39 is 0 Å². The third kappa shape index (κ3) is 5.94. The van der Waals surface area contributed by atoms with Crippen LogP contribution in [0.1, 0.15) is 13.3 Å². The molecule has 4 nitrogen and oxygen atoms in total. The van der Waals surface area contributed by atoms with Gasteiger partial charge >= 0.3 is 0 Å². The third-order valence-electron chi connectivity index (χ3n) is 2.95. The van der Waals surface area contributed by atoms with Crippen LogP contribution in [0.15, 0.2) is 18.2 Å². The minimum Gasteiger partial charge on any atom is -0.492 e. The second-order valence-electron chi connectivity index (χ2n) is 4.56. The Morgan fingerprint density at radius 3 is 3.00 bits per heavy atom. The van der Waals surface area contributed by atoms with Crippen molar-refractivity contribution in [3.05, 3.63) is 23.2 Å². The van der Waals surface area contributed by atoms with Gasteiger partial charge < -0.3 is 15.4 Å². The van der Waals surface area contributed by atoms with Crippen molar-refractivity contribution in [2.45, 2.75) is 19.4 Å². The fourth-order valence-corrected chi connectivity index (χ4v) is 3.22. The number of thioether (sulfide) groups is 1. The zero-order chi connectivity index (χ0) is 14.4. The smallest absolute Gasteiger partial charge is 0.225 e. The molecule has 1 aromatic carbocycles. The Morgan fingerprint density at radius 2 is 2.38 bits per heavy atom. The summed E-state index contributed by atoms with van der Waals surface area (Å²) in [5.74, 6) is 2.74. The molecule has 1 amide bonds. The van der Waals surface area contributed by atoms with Crippen LogP contribution in [0.3, 0.4) is 0 Å². The summed E-state index contributed by atoms with van der Waals surface area (Å²) >= 11 is 7.97. The van der Waals surface area contributed by atoms with E-state index in [-0.39, 0.29) is 24.4 Å². The largest absolute Gasteiger partial charge is 0.492 e. The van der Waals surface area contributed by atoms with Crippen molar-refractivity contribution in [2.24, 2.45) is 0 Å². The highest BCUT2D eigenvalue weighted by Gasteiger charge is 2.16. The summed E-state index contributed by atoms with van der Waals surface area (Å²) in [7, 11) is 0. The molecule has 0 aliphatic carbocycles. The molecule has 1 fully saturated rings. The first kappa shape index (κ1) is 18.4. The lowest BCUT2D eigenvalue weighted by atomic mass is 10.2. The molecule has 0 spiro atoms. The van der Waals surface area contributed by atoms with Crippen LogP contribution < -0.4 is 15.4 Å². The average molecular weight is 351 g/mol. The van der Waals surface area contributed by atoms with Gasteiger partial charge in [-0.2, -0.15) is 11.8 Å². The van der Waals surface area contributed by atoms with Crippen LogP contribution >= 0.6 is 35.8 Å². The van der Waals surface area contributed by atoms with E-state index in [4.69, 9.17) is 16.3 Å². The van der Waals surface area contributed by atoms with E-state index >= 15 is 0 Å². The molecule has 1 aliphatic rings. The topological polar surface area (TPSA) is 50.4 Å². The molecule has 0 radical (unpaired) electrons. The molecule has 1 unspecified atom stereocenters. The molecule has 1 aliphatic heterocycles. The number of anilines is 1. The van der Waals surface area contributed by atoms with Gasteiger partial charge in [0.2, 0.25) is 5.91 Å². The van der Waals surface area contributed by atoms with Crippen LogP contribution in [0.2, 0.25) is 5.02 Å². The number of hydrogen-bond acceptors (Lipinski definition) is 4. The van der Waals surface area contributed by atoms with E-state index in [2.05, 4.69) is 10.6 Å². The molecule has 118 valence electrons. The highest BCUT2D eigenvalue weighted by atomic mass is 35.5. The van der Waals surface area contributed by atoms with Gasteiger partial charge in [0.15, 0.2) is 0 Å². The molecule has 0 bridgehead atoms. The molecule has 0 aromatic heterocycles. The van der Waals surface area contributed by atoms with Crippen molar-refractivity contribution in [3.8, 4) is 5.75 Å². The molecule has 1 atom stereocenters. The van der Waals surface area contributed by atoms with Gasteiger partial charge in [-0.3, -0.25) is 4.79 Å². The molecule has 0 saturated carbocycles. The van der Waals surface area contributed by atoms with Crippen LogP contribution in [0.25, 0.3) is 0 Å². The number of benzene rings is 1. The monoisotopic (exact) mass is 350 g/mol. The normalized spacial score (nSPS) is 17.7. The second kappa shape index (κ2) is 9.41. The average Bonchev–Trinajstić information content (AvgIpc) is 2.43. The predicted molar refractivity (Wildman–Crippen MR) is 92.2 cm³/mol. The summed E-state index contributed by atoms with van der Waals surface area (Å²) in [5, 5.41) is 6.73. The number of carbonyl (C=O) groups excluding carboxylic acids is 1. The van der Waals surface area contributed by atoms with Gasteiger partial charge in [-0.05, 0) is 25.1 Å². The van der Waals surface area contributed by atoms with Crippen LogP contribution in [0.5, 0.6) is 5.75 Å². The van der Waals surface area contributed by atoms with Gasteiger partial charge in [0.1, 0.15) is 5.75 Å². The summed E-state index contributed by atoms with van der Waals surface area (Å²) in [6.07, 6.45) is 0.484. The molecule has 2 rings (SSSR count). The first-order valence-electron chi connectivity index (χ1n) is 6.72.